The lowest BCUT2D eigenvalue weighted by Crippen LogP contribution is -2.23. The van der Waals surface area contributed by atoms with Gasteiger partial charge in [-0.2, -0.15) is 0 Å². The van der Waals surface area contributed by atoms with Crippen molar-refractivity contribution in [2.45, 2.75) is 58.3 Å². The summed E-state index contributed by atoms with van der Waals surface area (Å²) >= 11 is 0. The van der Waals surface area contributed by atoms with Gasteiger partial charge in [0.1, 0.15) is 5.78 Å². The molecule has 0 amide bonds. The second-order valence-corrected chi connectivity index (χ2v) is 9.40. The monoisotopic (exact) mass is 427 g/mol. The first-order chi connectivity index (χ1) is 15.4. The zero-order chi connectivity index (χ0) is 22.5. The minimum atomic E-state index is -0.409. The molecule has 2 aliphatic rings. The molecular formula is C28H29NO3. The number of benzene rings is 2. The molecule has 5 rings (SSSR count). The van der Waals surface area contributed by atoms with Crippen LogP contribution in [0.4, 0.5) is 0 Å². The number of ether oxygens (including phenoxy) is 2. The molecule has 0 radical (unpaired) electrons. The van der Waals surface area contributed by atoms with Crippen molar-refractivity contribution >= 4 is 5.78 Å². The van der Waals surface area contributed by atoms with Crippen LogP contribution in [-0.4, -0.2) is 17.6 Å². The Kier molecular flexibility index (Phi) is 5.04. The van der Waals surface area contributed by atoms with Crippen LogP contribution in [0.5, 0.6) is 11.5 Å². The highest BCUT2D eigenvalue weighted by atomic mass is 16.7. The Morgan fingerprint density at radius 3 is 2.56 bits per heavy atom. The molecule has 164 valence electrons. The molecule has 1 aliphatic carbocycles. The first-order valence-corrected chi connectivity index (χ1v) is 11.4. The van der Waals surface area contributed by atoms with Gasteiger partial charge in [-0.1, -0.05) is 44.2 Å². The van der Waals surface area contributed by atoms with Gasteiger partial charge in [0.15, 0.2) is 11.5 Å². The Bertz CT molecular complexity index is 1210. The molecule has 1 aliphatic heterocycles. The highest BCUT2D eigenvalue weighted by Gasteiger charge is 2.51. The number of hydrogen-bond donors (Lipinski definition) is 0. The maximum absolute atomic E-state index is 13.4. The maximum Gasteiger partial charge on any atom is 0.231 e. The van der Waals surface area contributed by atoms with Crippen molar-refractivity contribution in [1.29, 1.82) is 0 Å². The van der Waals surface area contributed by atoms with Crippen LogP contribution in [0.2, 0.25) is 0 Å². The fourth-order valence-electron chi connectivity index (χ4n) is 4.66. The van der Waals surface area contributed by atoms with Crippen LogP contribution in [0.1, 0.15) is 60.6 Å². The first-order valence-electron chi connectivity index (χ1n) is 11.4. The summed E-state index contributed by atoms with van der Waals surface area (Å²) < 4.78 is 10.9. The molecule has 0 atom stereocenters. The van der Waals surface area contributed by atoms with E-state index in [-0.39, 0.29) is 12.6 Å². The summed E-state index contributed by atoms with van der Waals surface area (Å²) in [6.45, 7) is 8.87. The van der Waals surface area contributed by atoms with E-state index in [1.807, 2.05) is 24.4 Å². The van der Waals surface area contributed by atoms with Crippen LogP contribution in [0, 0.1) is 13.8 Å². The third-order valence-electron chi connectivity index (χ3n) is 7.15. The van der Waals surface area contributed by atoms with E-state index < -0.39 is 5.41 Å². The summed E-state index contributed by atoms with van der Waals surface area (Å²) in [7, 11) is 0. The van der Waals surface area contributed by atoms with E-state index in [0.29, 0.717) is 12.3 Å². The third kappa shape index (κ3) is 3.48. The number of nitrogens with zero attached hydrogens (tertiary/aromatic N) is 1. The van der Waals surface area contributed by atoms with E-state index in [0.717, 1.165) is 46.7 Å². The smallest absolute Gasteiger partial charge is 0.231 e. The summed E-state index contributed by atoms with van der Waals surface area (Å²) in [5.41, 5.74) is 7.43. The summed E-state index contributed by atoms with van der Waals surface area (Å²) in [5.74, 6) is 2.20. The van der Waals surface area contributed by atoms with Crippen molar-refractivity contribution in [2.75, 3.05) is 6.79 Å². The molecule has 0 bridgehead atoms. The van der Waals surface area contributed by atoms with Gasteiger partial charge < -0.3 is 9.47 Å². The molecule has 0 N–H and O–H groups in total. The number of rotatable bonds is 6. The molecule has 0 spiro atoms. The molecule has 2 heterocycles. The van der Waals surface area contributed by atoms with E-state index in [1.54, 1.807) is 0 Å². The van der Waals surface area contributed by atoms with Gasteiger partial charge in [-0.25, -0.2) is 0 Å². The van der Waals surface area contributed by atoms with E-state index in [2.05, 4.69) is 52.0 Å². The van der Waals surface area contributed by atoms with Crippen molar-refractivity contribution in [3.8, 4) is 22.6 Å². The summed E-state index contributed by atoms with van der Waals surface area (Å²) in [5, 5.41) is 0. The molecule has 0 unspecified atom stereocenters. The number of carbonyl (C=O) groups excluding carboxylic acids is 1. The average Bonchev–Trinajstić information content (AvgIpc) is 3.48. The van der Waals surface area contributed by atoms with Crippen molar-refractivity contribution in [1.82, 2.24) is 4.98 Å². The number of aromatic nitrogens is 1. The molecule has 3 aromatic rings. The highest BCUT2D eigenvalue weighted by Crippen LogP contribution is 2.51. The lowest BCUT2D eigenvalue weighted by molar-refractivity contribution is -0.120. The van der Waals surface area contributed by atoms with Crippen molar-refractivity contribution in [2.24, 2.45) is 0 Å². The number of carbonyl (C=O) groups is 1. The zero-order valence-electron chi connectivity index (χ0n) is 19.2. The second-order valence-electron chi connectivity index (χ2n) is 9.40. The van der Waals surface area contributed by atoms with Gasteiger partial charge in [0.05, 0.1) is 11.1 Å². The SMILES string of the molecule is Cc1c(-c2cccc(C(C)C)c2)cnc(CC(=O)C2(c3ccc4c(c3)OCO4)CC2)c1C. The van der Waals surface area contributed by atoms with E-state index >= 15 is 0 Å². The highest BCUT2D eigenvalue weighted by molar-refractivity contribution is 5.94. The Hall–Kier alpha value is -3.14. The molecule has 2 aromatic carbocycles. The zero-order valence-corrected chi connectivity index (χ0v) is 19.2. The lowest BCUT2D eigenvalue weighted by Gasteiger charge is -2.17. The minimum absolute atomic E-state index is 0.237. The lowest BCUT2D eigenvalue weighted by atomic mass is 9.87. The van der Waals surface area contributed by atoms with Crippen LogP contribution >= 0.6 is 0 Å². The van der Waals surface area contributed by atoms with E-state index in [1.165, 1.54) is 16.7 Å². The number of pyridine rings is 1. The van der Waals surface area contributed by atoms with Crippen molar-refractivity contribution in [3.63, 3.8) is 0 Å². The molecule has 32 heavy (non-hydrogen) atoms. The minimum Gasteiger partial charge on any atom is -0.454 e. The normalized spacial score (nSPS) is 15.8. The van der Waals surface area contributed by atoms with Gasteiger partial charge in [-0.3, -0.25) is 9.78 Å². The van der Waals surface area contributed by atoms with Crippen LogP contribution in [0.25, 0.3) is 11.1 Å². The molecular weight excluding hydrogens is 398 g/mol. The molecule has 4 heteroatoms. The van der Waals surface area contributed by atoms with E-state index in [9.17, 15) is 4.79 Å². The first kappa shape index (κ1) is 20.7. The fourth-order valence-corrected chi connectivity index (χ4v) is 4.66. The van der Waals surface area contributed by atoms with Gasteiger partial charge >= 0.3 is 0 Å². The Labute approximate surface area is 189 Å². The topological polar surface area (TPSA) is 48.4 Å². The Balaban J connectivity index is 1.41. The number of fused-ring (bicyclic) bond motifs is 1. The molecule has 0 saturated heterocycles. The standard InChI is InChI=1S/C28H29NO3/c1-17(2)20-6-5-7-21(12-20)23-15-29-24(19(4)18(23)3)14-27(30)28(10-11-28)22-8-9-25-26(13-22)32-16-31-25/h5-9,12-13,15,17H,10-11,14,16H2,1-4H3. The van der Waals surface area contributed by atoms with Crippen LogP contribution in [-0.2, 0) is 16.6 Å². The van der Waals surface area contributed by atoms with Gasteiger partial charge in [-0.05, 0) is 72.6 Å². The quantitative estimate of drug-likeness (QED) is 0.480. The molecule has 1 saturated carbocycles. The summed E-state index contributed by atoms with van der Waals surface area (Å²) in [6, 6.07) is 14.6. The summed E-state index contributed by atoms with van der Waals surface area (Å²) in [4.78, 5) is 18.2. The number of ketones is 1. The third-order valence-corrected chi connectivity index (χ3v) is 7.15. The largest absolute Gasteiger partial charge is 0.454 e. The molecule has 1 fully saturated rings. The van der Waals surface area contributed by atoms with Crippen molar-refractivity contribution < 1.29 is 14.3 Å². The average molecular weight is 428 g/mol. The van der Waals surface area contributed by atoms with Gasteiger partial charge in [-0.15, -0.1) is 0 Å². The number of Topliss-reactive ketones (excluding diaryl/α,β-unsaturated/α-hetero) is 1. The summed E-state index contributed by atoms with van der Waals surface area (Å²) in [6.07, 6.45) is 4.05. The Morgan fingerprint density at radius 1 is 1.03 bits per heavy atom. The predicted molar refractivity (Wildman–Crippen MR) is 125 cm³/mol. The number of hydrogen-bond acceptors (Lipinski definition) is 4. The van der Waals surface area contributed by atoms with Crippen LogP contribution in [0.3, 0.4) is 0 Å². The van der Waals surface area contributed by atoms with Crippen molar-refractivity contribution in [3.05, 3.63) is 76.6 Å². The van der Waals surface area contributed by atoms with Crippen LogP contribution in [0.15, 0.2) is 48.7 Å². The van der Waals surface area contributed by atoms with Gasteiger partial charge in [0.25, 0.3) is 0 Å². The fraction of sp³-hybridized carbons (Fsp3) is 0.357. The van der Waals surface area contributed by atoms with Gasteiger partial charge in [0.2, 0.25) is 6.79 Å². The molecule has 4 nitrogen and oxygen atoms in total. The second kappa shape index (κ2) is 7.77. The maximum atomic E-state index is 13.4. The van der Waals surface area contributed by atoms with Gasteiger partial charge in [0, 0.05) is 18.2 Å². The Morgan fingerprint density at radius 2 is 1.81 bits per heavy atom. The van der Waals surface area contributed by atoms with E-state index in [4.69, 9.17) is 14.5 Å². The predicted octanol–water partition coefficient (Wildman–Crippen LogP) is 6.06. The molecule has 1 aromatic heterocycles. The van der Waals surface area contributed by atoms with Crippen LogP contribution < -0.4 is 9.47 Å².